The number of nitrogens with zero attached hydrogens (tertiary/aromatic N) is 5. The third kappa shape index (κ3) is 5.78. The molecular formula is C24H39N9O2. The van der Waals surface area contributed by atoms with E-state index >= 15 is 0 Å². The van der Waals surface area contributed by atoms with Gasteiger partial charge in [0.1, 0.15) is 0 Å². The molecule has 2 aromatic heterocycles. The van der Waals surface area contributed by atoms with E-state index in [1.54, 1.807) is 5.06 Å². The van der Waals surface area contributed by atoms with E-state index in [1.165, 1.54) is 25.7 Å². The topological polar surface area (TPSA) is 135 Å². The minimum Gasteiger partial charge on any atom is -0.365 e. The predicted molar refractivity (Wildman–Crippen MR) is 135 cm³/mol. The van der Waals surface area contributed by atoms with Crippen LogP contribution in [0.15, 0.2) is 6.33 Å². The van der Waals surface area contributed by atoms with Crippen molar-refractivity contribution < 1.29 is 9.63 Å². The molecule has 2 saturated carbocycles. The van der Waals surface area contributed by atoms with Gasteiger partial charge in [-0.05, 0) is 58.3 Å². The van der Waals surface area contributed by atoms with E-state index in [2.05, 4.69) is 20.5 Å². The highest BCUT2D eigenvalue weighted by atomic mass is 16.7. The number of nitrogens with one attached hydrogen (secondary N) is 3. The third-order valence-electron chi connectivity index (χ3n) is 7.57. The molecule has 11 nitrogen and oxygen atoms in total. The Hall–Kier alpha value is -2.66. The fraction of sp³-hybridized carbons (Fsp3) is 0.750. The van der Waals surface area contributed by atoms with Crippen molar-refractivity contribution in [2.45, 2.75) is 95.3 Å². The number of piperidine rings is 1. The standard InChI is InChI=1S/C24H39N9O2/c1-2-26-24(34)35-32-13-11-18(12-14-32)28-21-20-22(33(15-27-20)19-5-3-4-6-19)31-23(30-21)29-17-9-7-16(25)8-10-17/h15-19H,2-14,25H2,1H3,(H,26,34)(H2,28,29,30,31)/t16-,17-. The van der Waals surface area contributed by atoms with Crippen LogP contribution in [0.25, 0.3) is 11.2 Å². The molecule has 2 aliphatic carbocycles. The zero-order chi connectivity index (χ0) is 24.2. The van der Waals surface area contributed by atoms with E-state index in [-0.39, 0.29) is 6.04 Å². The summed E-state index contributed by atoms with van der Waals surface area (Å²) in [4.78, 5) is 31.7. The van der Waals surface area contributed by atoms with E-state index in [4.69, 9.17) is 25.5 Å². The number of anilines is 2. The summed E-state index contributed by atoms with van der Waals surface area (Å²) in [6, 6.07) is 1.33. The Bertz CT molecular complexity index is 990. The highest BCUT2D eigenvalue weighted by Crippen LogP contribution is 2.33. The van der Waals surface area contributed by atoms with Crippen molar-refractivity contribution in [3.63, 3.8) is 0 Å². The summed E-state index contributed by atoms with van der Waals surface area (Å²) in [5.74, 6) is 1.45. The van der Waals surface area contributed by atoms with Gasteiger partial charge in [0.05, 0.1) is 6.33 Å². The molecule has 3 aliphatic rings. The lowest BCUT2D eigenvalue weighted by molar-refractivity contribution is -0.112. The Balaban J connectivity index is 1.32. The fourth-order valence-corrected chi connectivity index (χ4v) is 5.56. The zero-order valence-electron chi connectivity index (χ0n) is 20.7. The average molecular weight is 486 g/mol. The number of aromatic nitrogens is 4. The van der Waals surface area contributed by atoms with Gasteiger partial charge in [-0.2, -0.15) is 9.97 Å². The Morgan fingerprint density at radius 1 is 1.03 bits per heavy atom. The molecule has 1 aliphatic heterocycles. The molecule has 0 spiro atoms. The summed E-state index contributed by atoms with van der Waals surface area (Å²) in [6.45, 7) is 3.78. The van der Waals surface area contributed by atoms with Crippen molar-refractivity contribution in [3.8, 4) is 0 Å². The average Bonchev–Trinajstić information content (AvgIpc) is 3.52. The summed E-state index contributed by atoms with van der Waals surface area (Å²) in [6.07, 6.45) is 12.2. The van der Waals surface area contributed by atoms with Crippen molar-refractivity contribution in [2.24, 2.45) is 5.73 Å². The van der Waals surface area contributed by atoms with E-state index in [9.17, 15) is 4.79 Å². The lowest BCUT2D eigenvalue weighted by Crippen LogP contribution is -2.42. The lowest BCUT2D eigenvalue weighted by atomic mass is 9.92. The second-order valence-electron chi connectivity index (χ2n) is 10.2. The van der Waals surface area contributed by atoms with Gasteiger partial charge in [0.25, 0.3) is 0 Å². The predicted octanol–water partition coefficient (Wildman–Crippen LogP) is 3.16. The Labute approximate surface area is 206 Å². The summed E-state index contributed by atoms with van der Waals surface area (Å²) >= 11 is 0. The number of carbonyl (C=O) groups excluding carboxylic acids is 1. The summed E-state index contributed by atoms with van der Waals surface area (Å²) in [5.41, 5.74) is 7.84. The van der Waals surface area contributed by atoms with E-state index < -0.39 is 6.09 Å². The van der Waals surface area contributed by atoms with Gasteiger partial charge in [-0.25, -0.2) is 9.78 Å². The molecule has 0 atom stereocenters. The van der Waals surface area contributed by atoms with Crippen LogP contribution in [0.1, 0.15) is 77.2 Å². The second-order valence-corrected chi connectivity index (χ2v) is 10.2. The van der Waals surface area contributed by atoms with Crippen molar-refractivity contribution in [3.05, 3.63) is 6.33 Å². The summed E-state index contributed by atoms with van der Waals surface area (Å²) in [5, 5.41) is 11.6. The van der Waals surface area contributed by atoms with Crippen LogP contribution in [0.4, 0.5) is 16.6 Å². The second kappa shape index (κ2) is 10.9. The molecule has 5 rings (SSSR count). The molecule has 1 amide bonds. The first-order valence-corrected chi connectivity index (χ1v) is 13.3. The molecule has 0 bridgehead atoms. The summed E-state index contributed by atoms with van der Waals surface area (Å²) in [7, 11) is 0. The molecule has 192 valence electrons. The normalized spacial score (nSPS) is 24.5. The van der Waals surface area contributed by atoms with Crippen molar-refractivity contribution in [2.75, 3.05) is 30.3 Å². The number of nitrogens with two attached hydrogens (primary N) is 1. The molecule has 5 N–H and O–H groups in total. The smallest absolute Gasteiger partial charge is 0.365 e. The first-order valence-electron chi connectivity index (χ1n) is 13.3. The van der Waals surface area contributed by atoms with Gasteiger partial charge in [0, 0.05) is 43.8 Å². The van der Waals surface area contributed by atoms with E-state index in [1.807, 2.05) is 13.3 Å². The van der Waals surface area contributed by atoms with Crippen LogP contribution in [-0.2, 0) is 4.84 Å². The first kappa shape index (κ1) is 24.1. The van der Waals surface area contributed by atoms with Crippen molar-refractivity contribution >= 4 is 29.0 Å². The van der Waals surface area contributed by atoms with Crippen LogP contribution >= 0.6 is 0 Å². The van der Waals surface area contributed by atoms with Crippen molar-refractivity contribution in [1.29, 1.82) is 0 Å². The van der Waals surface area contributed by atoms with Crippen LogP contribution in [0, 0.1) is 0 Å². The number of rotatable bonds is 7. The SMILES string of the molecule is CCNC(=O)ON1CCC(Nc2nc(N[C@H]3CC[C@H](N)CC3)nc3c2ncn3C2CCCC2)CC1. The molecule has 1 saturated heterocycles. The molecule has 35 heavy (non-hydrogen) atoms. The van der Waals surface area contributed by atoms with Gasteiger partial charge >= 0.3 is 6.09 Å². The molecule has 0 radical (unpaired) electrons. The van der Waals surface area contributed by atoms with Gasteiger partial charge in [0.15, 0.2) is 17.0 Å². The molecule has 0 unspecified atom stereocenters. The van der Waals surface area contributed by atoms with Crippen LogP contribution in [0.3, 0.4) is 0 Å². The number of hydrogen-bond acceptors (Lipinski definition) is 9. The quantitative estimate of drug-likeness (QED) is 0.466. The number of carbonyl (C=O) groups is 1. The van der Waals surface area contributed by atoms with Gasteiger partial charge < -0.3 is 31.1 Å². The minimum atomic E-state index is -0.395. The van der Waals surface area contributed by atoms with Crippen LogP contribution in [0.2, 0.25) is 0 Å². The monoisotopic (exact) mass is 485 g/mol. The van der Waals surface area contributed by atoms with Gasteiger partial charge in [-0.15, -0.1) is 5.06 Å². The molecular weight excluding hydrogens is 446 g/mol. The number of amides is 1. The Morgan fingerprint density at radius 2 is 1.74 bits per heavy atom. The highest BCUT2D eigenvalue weighted by Gasteiger charge is 2.26. The van der Waals surface area contributed by atoms with Crippen molar-refractivity contribution in [1.82, 2.24) is 29.9 Å². The third-order valence-corrected chi connectivity index (χ3v) is 7.57. The fourth-order valence-electron chi connectivity index (χ4n) is 5.56. The maximum absolute atomic E-state index is 11.7. The number of hydrogen-bond donors (Lipinski definition) is 4. The zero-order valence-corrected chi connectivity index (χ0v) is 20.7. The van der Waals surface area contributed by atoms with Crippen LogP contribution in [-0.4, -0.2) is 68.4 Å². The first-order chi connectivity index (χ1) is 17.1. The number of fused-ring (bicyclic) bond motifs is 1. The van der Waals surface area contributed by atoms with Gasteiger partial charge in [0.2, 0.25) is 5.95 Å². The Kier molecular flexibility index (Phi) is 7.52. The molecule has 3 fully saturated rings. The van der Waals surface area contributed by atoms with E-state index in [0.29, 0.717) is 43.7 Å². The highest BCUT2D eigenvalue weighted by molar-refractivity contribution is 5.84. The maximum atomic E-state index is 11.7. The number of imidazole rings is 1. The largest absolute Gasteiger partial charge is 0.426 e. The van der Waals surface area contributed by atoms with Gasteiger partial charge in [-0.3, -0.25) is 0 Å². The lowest BCUT2D eigenvalue weighted by Gasteiger charge is -2.31. The molecule has 3 heterocycles. The molecule has 2 aromatic rings. The Morgan fingerprint density at radius 3 is 2.46 bits per heavy atom. The summed E-state index contributed by atoms with van der Waals surface area (Å²) < 4.78 is 2.25. The molecule has 0 aromatic carbocycles. The minimum absolute atomic E-state index is 0.222. The number of hydroxylamine groups is 2. The maximum Gasteiger partial charge on any atom is 0.426 e. The molecule has 11 heteroatoms. The van der Waals surface area contributed by atoms with Crippen LogP contribution in [0.5, 0.6) is 0 Å². The van der Waals surface area contributed by atoms with E-state index in [0.717, 1.165) is 55.5 Å². The van der Waals surface area contributed by atoms with Crippen LogP contribution < -0.4 is 21.7 Å². The van der Waals surface area contributed by atoms with Gasteiger partial charge in [-0.1, -0.05) is 12.8 Å².